The first-order chi connectivity index (χ1) is 8.56. The number of imidazole rings is 1. The molecule has 0 spiro atoms. The molecule has 1 amide bonds. The van der Waals surface area contributed by atoms with Crippen molar-refractivity contribution in [2.24, 2.45) is 12.5 Å². The average molecular weight is 251 g/mol. The number of carbonyl (C=O) groups is 2. The second-order valence-electron chi connectivity index (χ2n) is 4.70. The van der Waals surface area contributed by atoms with E-state index in [0.717, 1.165) is 12.2 Å². The van der Waals surface area contributed by atoms with Gasteiger partial charge in [0.25, 0.3) is 0 Å². The Morgan fingerprint density at radius 3 is 2.72 bits per heavy atom. The molecule has 98 valence electrons. The Labute approximate surface area is 105 Å². The molecule has 1 fully saturated rings. The number of aryl methyl sites for hydroxylation is 1. The second kappa shape index (κ2) is 4.80. The van der Waals surface area contributed by atoms with Crippen molar-refractivity contribution in [3.63, 3.8) is 0 Å². The number of amides is 1. The molecule has 2 rings (SSSR count). The summed E-state index contributed by atoms with van der Waals surface area (Å²) < 4.78 is 1.88. The molecule has 1 saturated carbocycles. The maximum Gasteiger partial charge on any atom is 0.319 e. The maximum atomic E-state index is 11.9. The Balaban J connectivity index is 1.85. The van der Waals surface area contributed by atoms with E-state index in [0.29, 0.717) is 25.8 Å². The molecule has 1 aromatic heterocycles. The highest BCUT2D eigenvalue weighted by Gasteiger charge is 2.50. The summed E-state index contributed by atoms with van der Waals surface area (Å²) in [7, 11) is 1.88. The van der Waals surface area contributed by atoms with E-state index in [9.17, 15) is 9.59 Å². The van der Waals surface area contributed by atoms with Gasteiger partial charge in [0, 0.05) is 32.4 Å². The minimum absolute atomic E-state index is 0.365. The van der Waals surface area contributed by atoms with Crippen LogP contribution in [0.1, 0.15) is 25.1 Å². The van der Waals surface area contributed by atoms with Crippen LogP contribution < -0.4 is 5.32 Å². The molecule has 6 heteroatoms. The van der Waals surface area contributed by atoms with Crippen LogP contribution in [-0.2, 0) is 23.1 Å². The lowest BCUT2D eigenvalue weighted by atomic mass is 9.68. The third-order valence-electron chi connectivity index (χ3n) is 3.61. The average Bonchev–Trinajstić information content (AvgIpc) is 2.62. The highest BCUT2D eigenvalue weighted by atomic mass is 16.4. The first kappa shape index (κ1) is 12.6. The van der Waals surface area contributed by atoms with Gasteiger partial charge in [-0.3, -0.25) is 9.59 Å². The number of hydrogen-bond acceptors (Lipinski definition) is 3. The lowest BCUT2D eigenvalue weighted by molar-refractivity contribution is -0.162. The lowest BCUT2D eigenvalue weighted by Crippen LogP contribution is -2.51. The number of aromatic nitrogens is 2. The number of nitrogens with zero attached hydrogens (tertiary/aromatic N) is 2. The van der Waals surface area contributed by atoms with Gasteiger partial charge in [0.2, 0.25) is 5.91 Å². The number of carboxylic acids is 1. The van der Waals surface area contributed by atoms with Gasteiger partial charge in [0.15, 0.2) is 0 Å². The Morgan fingerprint density at radius 1 is 1.56 bits per heavy atom. The molecule has 18 heavy (non-hydrogen) atoms. The molecule has 2 N–H and O–H groups in total. The fraction of sp³-hybridized carbons (Fsp3) is 0.583. The standard InChI is InChI=1S/C12H17N3O3/c1-15-8-7-13-9(15)3-6-14-10(16)12(11(17)18)4-2-5-12/h7-8H,2-6H2,1H3,(H,14,16)(H,17,18). The molecule has 6 nitrogen and oxygen atoms in total. The molecule has 1 aromatic rings. The van der Waals surface area contributed by atoms with Gasteiger partial charge in [-0.05, 0) is 12.8 Å². The molecular weight excluding hydrogens is 234 g/mol. The largest absolute Gasteiger partial charge is 0.480 e. The Kier molecular flexibility index (Phi) is 3.36. The predicted octanol–water partition coefficient (Wildman–Crippen LogP) is 0.334. The van der Waals surface area contributed by atoms with Gasteiger partial charge >= 0.3 is 5.97 Å². The summed E-state index contributed by atoms with van der Waals surface area (Å²) in [5, 5.41) is 11.8. The molecule has 0 aliphatic heterocycles. The molecule has 0 unspecified atom stereocenters. The van der Waals surface area contributed by atoms with Crippen molar-refractivity contribution in [3.8, 4) is 0 Å². The monoisotopic (exact) mass is 251 g/mol. The van der Waals surface area contributed by atoms with Crippen LogP contribution in [-0.4, -0.2) is 33.1 Å². The van der Waals surface area contributed by atoms with Gasteiger partial charge in [0.1, 0.15) is 11.2 Å². The summed E-state index contributed by atoms with van der Waals surface area (Å²) in [5.74, 6) is -0.507. The first-order valence-corrected chi connectivity index (χ1v) is 6.04. The van der Waals surface area contributed by atoms with Crippen LogP contribution in [0.4, 0.5) is 0 Å². The van der Waals surface area contributed by atoms with Crippen LogP contribution in [0.5, 0.6) is 0 Å². The molecule has 0 radical (unpaired) electrons. The fourth-order valence-electron chi connectivity index (χ4n) is 2.16. The van der Waals surface area contributed by atoms with Gasteiger partial charge in [-0.1, -0.05) is 6.42 Å². The number of aliphatic carboxylic acids is 1. The summed E-state index contributed by atoms with van der Waals surface area (Å²) in [5.41, 5.74) is -1.18. The zero-order valence-corrected chi connectivity index (χ0v) is 10.3. The van der Waals surface area contributed by atoms with E-state index in [4.69, 9.17) is 5.11 Å². The zero-order valence-electron chi connectivity index (χ0n) is 10.3. The van der Waals surface area contributed by atoms with Gasteiger partial charge in [-0.25, -0.2) is 4.98 Å². The lowest BCUT2D eigenvalue weighted by Gasteiger charge is -2.35. The predicted molar refractivity (Wildman–Crippen MR) is 63.8 cm³/mol. The number of hydrogen-bond donors (Lipinski definition) is 2. The summed E-state index contributed by atoms with van der Waals surface area (Å²) in [6.45, 7) is 0.415. The van der Waals surface area contributed by atoms with Crippen molar-refractivity contribution >= 4 is 11.9 Å². The SMILES string of the molecule is Cn1ccnc1CCNC(=O)C1(C(=O)O)CCC1. The molecule has 0 bridgehead atoms. The minimum Gasteiger partial charge on any atom is -0.480 e. The Hall–Kier alpha value is -1.85. The van der Waals surface area contributed by atoms with E-state index in [1.807, 2.05) is 17.8 Å². The van der Waals surface area contributed by atoms with E-state index in [1.54, 1.807) is 6.20 Å². The minimum atomic E-state index is -1.18. The van der Waals surface area contributed by atoms with Gasteiger partial charge in [-0.15, -0.1) is 0 Å². The van der Waals surface area contributed by atoms with E-state index in [-0.39, 0.29) is 5.91 Å². The summed E-state index contributed by atoms with van der Waals surface area (Å²) in [6, 6.07) is 0. The molecule has 0 aromatic carbocycles. The normalized spacial score (nSPS) is 16.9. The third-order valence-corrected chi connectivity index (χ3v) is 3.61. The van der Waals surface area contributed by atoms with Gasteiger partial charge in [-0.2, -0.15) is 0 Å². The third kappa shape index (κ3) is 2.10. The van der Waals surface area contributed by atoms with Crippen LogP contribution >= 0.6 is 0 Å². The molecule has 1 heterocycles. The fourth-order valence-corrected chi connectivity index (χ4v) is 2.16. The summed E-state index contributed by atoms with van der Waals surface area (Å²) in [6.07, 6.45) is 5.82. The summed E-state index contributed by atoms with van der Waals surface area (Å²) >= 11 is 0. The molecule has 1 aliphatic rings. The zero-order chi connectivity index (χ0) is 13.2. The quantitative estimate of drug-likeness (QED) is 0.739. The number of nitrogens with one attached hydrogen (secondary N) is 1. The molecule has 0 atom stereocenters. The van der Waals surface area contributed by atoms with Crippen LogP contribution in [0.15, 0.2) is 12.4 Å². The number of carboxylic acid groups (broad SMARTS) is 1. The first-order valence-electron chi connectivity index (χ1n) is 6.04. The van der Waals surface area contributed by atoms with Crippen LogP contribution in [0.2, 0.25) is 0 Å². The molecule has 1 aliphatic carbocycles. The van der Waals surface area contributed by atoms with E-state index in [2.05, 4.69) is 10.3 Å². The van der Waals surface area contributed by atoms with Crippen molar-refractivity contribution in [3.05, 3.63) is 18.2 Å². The van der Waals surface area contributed by atoms with Gasteiger partial charge in [0.05, 0.1) is 0 Å². The highest BCUT2D eigenvalue weighted by Crippen LogP contribution is 2.41. The van der Waals surface area contributed by atoms with Crippen LogP contribution in [0.3, 0.4) is 0 Å². The Bertz CT molecular complexity index is 463. The van der Waals surface area contributed by atoms with Crippen LogP contribution in [0, 0.1) is 5.41 Å². The van der Waals surface area contributed by atoms with Crippen molar-refractivity contribution in [1.29, 1.82) is 0 Å². The number of rotatable bonds is 5. The summed E-state index contributed by atoms with van der Waals surface area (Å²) in [4.78, 5) is 27.1. The smallest absolute Gasteiger partial charge is 0.319 e. The van der Waals surface area contributed by atoms with E-state index in [1.165, 1.54) is 0 Å². The molecular formula is C12H17N3O3. The van der Waals surface area contributed by atoms with Crippen molar-refractivity contribution in [2.75, 3.05) is 6.54 Å². The number of carbonyl (C=O) groups excluding carboxylic acids is 1. The topological polar surface area (TPSA) is 84.2 Å². The van der Waals surface area contributed by atoms with Crippen molar-refractivity contribution in [2.45, 2.75) is 25.7 Å². The Morgan fingerprint density at radius 2 is 2.28 bits per heavy atom. The van der Waals surface area contributed by atoms with Crippen molar-refractivity contribution in [1.82, 2.24) is 14.9 Å². The van der Waals surface area contributed by atoms with Crippen LogP contribution in [0.25, 0.3) is 0 Å². The van der Waals surface area contributed by atoms with Gasteiger partial charge < -0.3 is 15.0 Å². The molecule has 0 saturated heterocycles. The highest BCUT2D eigenvalue weighted by molar-refractivity contribution is 6.02. The van der Waals surface area contributed by atoms with E-state index >= 15 is 0 Å². The maximum absolute atomic E-state index is 11.9. The van der Waals surface area contributed by atoms with Crippen molar-refractivity contribution < 1.29 is 14.7 Å². The van der Waals surface area contributed by atoms with E-state index < -0.39 is 11.4 Å². The second-order valence-corrected chi connectivity index (χ2v) is 4.70.